The van der Waals surface area contributed by atoms with E-state index in [0.717, 1.165) is 19.3 Å². The predicted octanol–water partition coefficient (Wildman–Crippen LogP) is 1.98. The number of hydrogen-bond acceptors (Lipinski definition) is 3. The maximum Gasteiger partial charge on any atom is 0.150 e. The molecule has 0 aromatic heterocycles. The van der Waals surface area contributed by atoms with Gasteiger partial charge in [0.1, 0.15) is 9.84 Å². The first kappa shape index (κ1) is 13.3. The molecule has 2 fully saturated rings. The van der Waals surface area contributed by atoms with Gasteiger partial charge in [-0.15, -0.1) is 0 Å². The van der Waals surface area contributed by atoms with Gasteiger partial charge < -0.3 is 5.32 Å². The largest absolute Gasteiger partial charge is 0.317 e. The summed E-state index contributed by atoms with van der Waals surface area (Å²) in [6.07, 6.45) is 9.37. The second kappa shape index (κ2) is 5.27. The summed E-state index contributed by atoms with van der Waals surface area (Å²) >= 11 is 0. The van der Waals surface area contributed by atoms with Crippen LogP contribution in [-0.2, 0) is 9.84 Å². The molecule has 3 nitrogen and oxygen atoms in total. The van der Waals surface area contributed by atoms with Crippen LogP contribution in [0.15, 0.2) is 0 Å². The van der Waals surface area contributed by atoms with E-state index < -0.39 is 9.84 Å². The van der Waals surface area contributed by atoms with Gasteiger partial charge in [-0.05, 0) is 44.6 Å². The molecule has 0 aliphatic heterocycles. The molecule has 2 aliphatic rings. The first-order chi connectivity index (χ1) is 8.02. The summed E-state index contributed by atoms with van der Waals surface area (Å²) in [7, 11) is -0.791. The molecule has 0 aromatic rings. The number of rotatable bonds is 3. The van der Waals surface area contributed by atoms with E-state index in [0.29, 0.717) is 17.9 Å². The molecule has 0 aromatic carbocycles. The van der Waals surface area contributed by atoms with Crippen LogP contribution in [0.25, 0.3) is 0 Å². The van der Waals surface area contributed by atoms with E-state index in [4.69, 9.17) is 0 Å². The normalized spacial score (nSPS) is 39.4. The van der Waals surface area contributed by atoms with Crippen LogP contribution in [0.5, 0.6) is 0 Å². The third-order valence-corrected chi connectivity index (χ3v) is 6.46. The Morgan fingerprint density at radius 3 is 2.41 bits per heavy atom. The third-order valence-electron chi connectivity index (χ3n) is 4.82. The lowest BCUT2D eigenvalue weighted by Gasteiger charge is -2.34. The molecule has 4 atom stereocenters. The number of hydrogen-bond donors (Lipinski definition) is 1. The Labute approximate surface area is 105 Å². The molecule has 0 bridgehead atoms. The average molecular weight is 259 g/mol. The molecule has 4 heteroatoms. The minimum Gasteiger partial charge on any atom is -0.317 e. The van der Waals surface area contributed by atoms with Crippen molar-refractivity contribution in [3.8, 4) is 0 Å². The van der Waals surface area contributed by atoms with Crippen LogP contribution in [0.4, 0.5) is 0 Å². The molecular formula is C13H25NO2S. The SMILES string of the molecule is CNC1CCCC1C1CCCC(S(C)(=O)=O)C1. The van der Waals surface area contributed by atoms with E-state index in [1.807, 2.05) is 7.05 Å². The van der Waals surface area contributed by atoms with Crippen LogP contribution in [0.2, 0.25) is 0 Å². The highest BCUT2D eigenvalue weighted by atomic mass is 32.2. The molecule has 100 valence electrons. The number of sulfone groups is 1. The second-order valence-electron chi connectivity index (χ2n) is 5.87. The molecule has 0 radical (unpaired) electrons. The van der Waals surface area contributed by atoms with Crippen molar-refractivity contribution in [2.45, 2.75) is 56.2 Å². The molecule has 0 heterocycles. The smallest absolute Gasteiger partial charge is 0.150 e. The fourth-order valence-corrected chi connectivity index (χ4v) is 5.06. The zero-order chi connectivity index (χ0) is 12.5. The van der Waals surface area contributed by atoms with Crippen LogP contribution >= 0.6 is 0 Å². The summed E-state index contributed by atoms with van der Waals surface area (Å²) in [6.45, 7) is 0. The molecule has 2 aliphatic carbocycles. The first-order valence-electron chi connectivity index (χ1n) is 6.88. The maximum atomic E-state index is 11.7. The van der Waals surface area contributed by atoms with E-state index in [1.165, 1.54) is 31.9 Å². The lowest BCUT2D eigenvalue weighted by molar-refractivity contribution is 0.223. The van der Waals surface area contributed by atoms with E-state index in [9.17, 15) is 8.42 Å². The Kier molecular flexibility index (Phi) is 4.14. The van der Waals surface area contributed by atoms with Crippen molar-refractivity contribution in [3.63, 3.8) is 0 Å². The summed E-state index contributed by atoms with van der Waals surface area (Å²) in [4.78, 5) is 0. The zero-order valence-electron chi connectivity index (χ0n) is 11.0. The predicted molar refractivity (Wildman–Crippen MR) is 70.8 cm³/mol. The van der Waals surface area contributed by atoms with E-state index in [-0.39, 0.29) is 5.25 Å². The third kappa shape index (κ3) is 3.02. The summed E-state index contributed by atoms with van der Waals surface area (Å²) in [6, 6.07) is 0.623. The van der Waals surface area contributed by atoms with Gasteiger partial charge in [-0.1, -0.05) is 19.3 Å². The zero-order valence-corrected chi connectivity index (χ0v) is 11.8. The van der Waals surface area contributed by atoms with E-state index >= 15 is 0 Å². The Morgan fingerprint density at radius 1 is 1.06 bits per heavy atom. The van der Waals surface area contributed by atoms with E-state index in [2.05, 4.69) is 5.32 Å². The van der Waals surface area contributed by atoms with Crippen LogP contribution in [0.1, 0.15) is 44.9 Å². The van der Waals surface area contributed by atoms with Gasteiger partial charge in [0, 0.05) is 12.3 Å². The van der Waals surface area contributed by atoms with Crippen molar-refractivity contribution in [2.75, 3.05) is 13.3 Å². The van der Waals surface area contributed by atoms with E-state index in [1.54, 1.807) is 0 Å². The molecule has 17 heavy (non-hydrogen) atoms. The highest BCUT2D eigenvalue weighted by Gasteiger charge is 2.37. The van der Waals surface area contributed by atoms with Gasteiger partial charge in [0.25, 0.3) is 0 Å². The summed E-state index contributed by atoms with van der Waals surface area (Å²) in [5, 5.41) is 3.35. The summed E-state index contributed by atoms with van der Waals surface area (Å²) < 4.78 is 23.4. The molecular weight excluding hydrogens is 234 g/mol. The quantitative estimate of drug-likeness (QED) is 0.843. The van der Waals surface area contributed by atoms with Crippen molar-refractivity contribution in [1.82, 2.24) is 5.32 Å². The van der Waals surface area contributed by atoms with Crippen molar-refractivity contribution in [2.24, 2.45) is 11.8 Å². The fraction of sp³-hybridized carbons (Fsp3) is 1.00. The van der Waals surface area contributed by atoms with Crippen molar-refractivity contribution in [3.05, 3.63) is 0 Å². The Morgan fingerprint density at radius 2 is 1.76 bits per heavy atom. The molecule has 0 saturated heterocycles. The molecule has 2 rings (SSSR count). The second-order valence-corrected chi connectivity index (χ2v) is 8.19. The molecule has 0 amide bonds. The lowest BCUT2D eigenvalue weighted by atomic mass is 9.77. The van der Waals surface area contributed by atoms with Gasteiger partial charge in [-0.3, -0.25) is 0 Å². The Hall–Kier alpha value is -0.0900. The number of nitrogens with one attached hydrogen (secondary N) is 1. The van der Waals surface area contributed by atoms with Crippen molar-refractivity contribution < 1.29 is 8.42 Å². The fourth-order valence-electron chi connectivity index (χ4n) is 3.87. The van der Waals surface area contributed by atoms with Gasteiger partial charge in [0.15, 0.2) is 0 Å². The molecule has 4 unspecified atom stereocenters. The molecule has 0 spiro atoms. The standard InChI is InChI=1S/C13H25NO2S/c1-14-13-8-4-7-12(13)10-5-3-6-11(9-10)17(2,15)16/h10-14H,3-9H2,1-2H3. The average Bonchev–Trinajstić information content (AvgIpc) is 2.76. The van der Waals surface area contributed by atoms with Crippen molar-refractivity contribution in [1.29, 1.82) is 0 Å². The van der Waals surface area contributed by atoms with Crippen LogP contribution in [-0.4, -0.2) is 33.0 Å². The van der Waals surface area contributed by atoms with Crippen LogP contribution in [0, 0.1) is 11.8 Å². The Bertz CT molecular complexity index is 352. The minimum absolute atomic E-state index is 0.0700. The Balaban J connectivity index is 2.02. The van der Waals surface area contributed by atoms with Gasteiger partial charge >= 0.3 is 0 Å². The van der Waals surface area contributed by atoms with Crippen molar-refractivity contribution >= 4 is 9.84 Å². The van der Waals surface area contributed by atoms with Crippen LogP contribution in [0.3, 0.4) is 0 Å². The first-order valence-corrected chi connectivity index (χ1v) is 8.84. The minimum atomic E-state index is -2.83. The molecule has 1 N–H and O–H groups in total. The van der Waals surface area contributed by atoms with Crippen LogP contribution < -0.4 is 5.32 Å². The maximum absolute atomic E-state index is 11.7. The topological polar surface area (TPSA) is 46.2 Å². The van der Waals surface area contributed by atoms with Gasteiger partial charge in [0.2, 0.25) is 0 Å². The monoisotopic (exact) mass is 259 g/mol. The van der Waals surface area contributed by atoms with Gasteiger partial charge in [-0.25, -0.2) is 8.42 Å². The van der Waals surface area contributed by atoms with Gasteiger partial charge in [-0.2, -0.15) is 0 Å². The highest BCUT2D eigenvalue weighted by Crippen LogP contribution is 2.40. The summed E-state index contributed by atoms with van der Waals surface area (Å²) in [5.74, 6) is 1.34. The lowest BCUT2D eigenvalue weighted by Crippen LogP contribution is -2.38. The highest BCUT2D eigenvalue weighted by molar-refractivity contribution is 7.91. The molecule has 2 saturated carbocycles. The summed E-state index contributed by atoms with van der Waals surface area (Å²) in [5.41, 5.74) is 0. The van der Waals surface area contributed by atoms with Gasteiger partial charge in [0.05, 0.1) is 5.25 Å².